The van der Waals surface area contributed by atoms with Crippen molar-refractivity contribution >= 4 is 73.1 Å². The third kappa shape index (κ3) is 4.58. The molecule has 5 aromatic rings. The number of nitro groups is 1. The maximum absolute atomic E-state index is 13.2. The van der Waals surface area contributed by atoms with E-state index in [9.17, 15) is 14.9 Å². The summed E-state index contributed by atoms with van der Waals surface area (Å²) in [5.74, 6) is -0.276. The Morgan fingerprint density at radius 3 is 2.70 bits per heavy atom. The number of anilines is 1. The van der Waals surface area contributed by atoms with E-state index < -0.39 is 4.92 Å². The zero-order valence-electron chi connectivity index (χ0n) is 16.8. The lowest BCUT2D eigenvalue weighted by atomic mass is 10.1. The molecule has 0 aliphatic rings. The summed E-state index contributed by atoms with van der Waals surface area (Å²) in [5.41, 5.74) is 2.57. The average molecular weight is 491 g/mol. The van der Waals surface area contributed by atoms with E-state index in [-0.39, 0.29) is 10.9 Å². The van der Waals surface area contributed by atoms with E-state index in [0.717, 1.165) is 32.2 Å². The summed E-state index contributed by atoms with van der Waals surface area (Å²) in [6.45, 7) is 0. The Morgan fingerprint density at radius 2 is 1.91 bits per heavy atom. The Balaban J connectivity index is 1.44. The third-order valence-corrected chi connectivity index (χ3v) is 7.34. The molecular formula is C23H14N4O3S3. The maximum Gasteiger partial charge on any atom is 0.324 e. The molecule has 0 saturated heterocycles. The van der Waals surface area contributed by atoms with Crippen molar-refractivity contribution < 1.29 is 9.72 Å². The van der Waals surface area contributed by atoms with Gasteiger partial charge in [-0.2, -0.15) is 0 Å². The van der Waals surface area contributed by atoms with Crippen LogP contribution in [0.5, 0.6) is 0 Å². The molecule has 0 bridgehead atoms. The van der Waals surface area contributed by atoms with Crippen molar-refractivity contribution in [3.05, 3.63) is 91.6 Å². The van der Waals surface area contributed by atoms with Gasteiger partial charge < -0.3 is 0 Å². The molecule has 5 rings (SSSR count). The van der Waals surface area contributed by atoms with Gasteiger partial charge in [-0.1, -0.05) is 35.6 Å². The van der Waals surface area contributed by atoms with Crippen LogP contribution in [0.15, 0.2) is 65.4 Å². The Morgan fingerprint density at radius 1 is 1.03 bits per heavy atom. The van der Waals surface area contributed by atoms with Gasteiger partial charge in [-0.3, -0.25) is 20.2 Å². The highest BCUT2D eigenvalue weighted by Gasteiger charge is 2.15. The lowest BCUT2D eigenvalue weighted by Crippen LogP contribution is -2.13. The molecule has 1 aromatic carbocycles. The minimum absolute atomic E-state index is 0.0755. The van der Waals surface area contributed by atoms with Crippen LogP contribution in [0.2, 0.25) is 0 Å². The molecule has 1 amide bonds. The number of benzene rings is 1. The van der Waals surface area contributed by atoms with Crippen molar-refractivity contribution in [1.82, 2.24) is 9.97 Å². The normalized spacial score (nSPS) is 11.3. The van der Waals surface area contributed by atoms with Crippen molar-refractivity contribution in [2.24, 2.45) is 0 Å². The fourth-order valence-corrected chi connectivity index (χ4v) is 5.39. The molecule has 4 heterocycles. The summed E-state index contributed by atoms with van der Waals surface area (Å²) in [6.07, 6.45) is 3.50. The monoisotopic (exact) mass is 490 g/mol. The molecule has 0 atom stereocenters. The smallest absolute Gasteiger partial charge is 0.298 e. The standard InChI is InChI=1S/C23H14N4O3S3/c28-22(26-23-25-19(13-32-23)20-6-3-11-31-20)17-12-14(24-18-5-2-1-4-16(17)18)7-8-15-9-10-21(33-15)27(29)30/h1-13H,(H,25,26,28)/b8-7+. The van der Waals surface area contributed by atoms with Crippen LogP contribution in [-0.4, -0.2) is 20.8 Å². The van der Waals surface area contributed by atoms with E-state index >= 15 is 0 Å². The van der Waals surface area contributed by atoms with Crippen LogP contribution in [0.4, 0.5) is 10.1 Å². The van der Waals surface area contributed by atoms with Crippen molar-refractivity contribution in [3.63, 3.8) is 0 Å². The number of nitrogens with zero attached hydrogens (tertiary/aromatic N) is 3. The average Bonchev–Trinajstić information content (AvgIpc) is 3.58. The molecule has 1 N–H and O–H groups in total. The van der Waals surface area contributed by atoms with Gasteiger partial charge in [0.1, 0.15) is 0 Å². The lowest BCUT2D eigenvalue weighted by molar-refractivity contribution is -0.380. The van der Waals surface area contributed by atoms with Crippen molar-refractivity contribution in [2.45, 2.75) is 0 Å². The van der Waals surface area contributed by atoms with E-state index in [1.54, 1.807) is 35.6 Å². The molecule has 33 heavy (non-hydrogen) atoms. The van der Waals surface area contributed by atoms with Crippen LogP contribution >= 0.6 is 34.0 Å². The van der Waals surface area contributed by atoms with Crippen LogP contribution in [0.1, 0.15) is 20.9 Å². The number of pyridine rings is 1. The fraction of sp³-hybridized carbons (Fsp3) is 0. The molecule has 10 heteroatoms. The van der Waals surface area contributed by atoms with E-state index in [0.29, 0.717) is 21.9 Å². The van der Waals surface area contributed by atoms with Gasteiger partial charge in [0, 0.05) is 21.7 Å². The van der Waals surface area contributed by atoms with Crippen molar-refractivity contribution in [1.29, 1.82) is 0 Å². The number of hydrogen-bond donors (Lipinski definition) is 1. The molecule has 0 saturated carbocycles. The third-order valence-electron chi connectivity index (χ3n) is 4.69. The van der Waals surface area contributed by atoms with E-state index in [4.69, 9.17) is 0 Å². The number of amides is 1. The minimum Gasteiger partial charge on any atom is -0.298 e. The summed E-state index contributed by atoms with van der Waals surface area (Å²) in [4.78, 5) is 34.6. The number of para-hydroxylation sites is 1. The predicted molar refractivity (Wildman–Crippen MR) is 135 cm³/mol. The van der Waals surface area contributed by atoms with Gasteiger partial charge in [-0.05, 0) is 41.8 Å². The first kappa shape index (κ1) is 21.1. The minimum atomic E-state index is -0.415. The first-order chi connectivity index (χ1) is 16.1. The first-order valence-corrected chi connectivity index (χ1v) is 12.3. The number of fused-ring (bicyclic) bond motifs is 1. The Labute approximate surface area is 199 Å². The van der Waals surface area contributed by atoms with Crippen molar-refractivity contribution in [3.8, 4) is 10.6 Å². The summed E-state index contributed by atoms with van der Waals surface area (Å²) < 4.78 is 0. The number of thiazole rings is 1. The largest absolute Gasteiger partial charge is 0.324 e. The van der Waals surface area contributed by atoms with Gasteiger partial charge in [-0.15, -0.1) is 22.7 Å². The van der Waals surface area contributed by atoms with Gasteiger partial charge in [0.15, 0.2) is 5.13 Å². The van der Waals surface area contributed by atoms with Gasteiger partial charge in [0.25, 0.3) is 5.91 Å². The second-order valence-corrected chi connectivity index (χ2v) is 9.75. The first-order valence-electron chi connectivity index (χ1n) is 9.70. The van der Waals surface area contributed by atoms with E-state index in [1.165, 1.54) is 17.4 Å². The number of carbonyl (C=O) groups excluding carboxylic acids is 1. The van der Waals surface area contributed by atoms with Gasteiger partial charge >= 0.3 is 5.00 Å². The Kier molecular flexibility index (Phi) is 5.78. The van der Waals surface area contributed by atoms with Crippen LogP contribution in [0, 0.1) is 10.1 Å². The molecule has 4 aromatic heterocycles. The van der Waals surface area contributed by atoms with Gasteiger partial charge in [-0.25, -0.2) is 9.97 Å². The quantitative estimate of drug-likeness (QED) is 0.208. The molecule has 0 aliphatic carbocycles. The summed E-state index contributed by atoms with van der Waals surface area (Å²) in [5, 5.41) is 19.0. The topological polar surface area (TPSA) is 98.0 Å². The number of rotatable bonds is 6. The van der Waals surface area contributed by atoms with E-state index in [1.807, 2.05) is 47.2 Å². The molecule has 0 fully saturated rings. The highest BCUT2D eigenvalue weighted by molar-refractivity contribution is 7.16. The zero-order chi connectivity index (χ0) is 22.8. The number of thiophene rings is 2. The second-order valence-electron chi connectivity index (χ2n) is 6.85. The van der Waals surface area contributed by atoms with E-state index in [2.05, 4.69) is 15.3 Å². The summed E-state index contributed by atoms with van der Waals surface area (Å²) in [6, 6.07) is 16.2. The Hall–Kier alpha value is -3.73. The SMILES string of the molecule is O=C(Nc1nc(-c2cccs2)cs1)c1cc(/C=C/c2ccc([N+](=O)[O-])s2)nc2ccccc12. The summed E-state index contributed by atoms with van der Waals surface area (Å²) >= 11 is 4.05. The number of carbonyl (C=O) groups is 1. The van der Waals surface area contributed by atoms with Crippen LogP contribution in [0.3, 0.4) is 0 Å². The molecule has 0 unspecified atom stereocenters. The zero-order valence-corrected chi connectivity index (χ0v) is 19.2. The van der Waals surface area contributed by atoms with Crippen molar-refractivity contribution in [2.75, 3.05) is 5.32 Å². The number of aromatic nitrogens is 2. The van der Waals surface area contributed by atoms with Crippen LogP contribution in [0.25, 0.3) is 33.6 Å². The lowest BCUT2D eigenvalue weighted by Gasteiger charge is -2.07. The molecule has 7 nitrogen and oxygen atoms in total. The molecule has 162 valence electrons. The van der Waals surface area contributed by atoms with Crippen LogP contribution < -0.4 is 5.32 Å². The van der Waals surface area contributed by atoms with Gasteiger partial charge in [0.2, 0.25) is 0 Å². The highest BCUT2D eigenvalue weighted by atomic mass is 32.1. The van der Waals surface area contributed by atoms with Crippen LogP contribution in [-0.2, 0) is 0 Å². The molecular weight excluding hydrogens is 476 g/mol. The molecule has 0 spiro atoms. The predicted octanol–water partition coefficient (Wildman–Crippen LogP) is 6.81. The molecule has 0 aliphatic heterocycles. The summed E-state index contributed by atoms with van der Waals surface area (Å²) in [7, 11) is 0. The fourth-order valence-electron chi connectivity index (χ4n) is 3.20. The van der Waals surface area contributed by atoms with Gasteiger partial charge in [0.05, 0.1) is 32.3 Å². The highest BCUT2D eigenvalue weighted by Crippen LogP contribution is 2.29. The number of hydrogen-bond acceptors (Lipinski definition) is 8. The molecule has 0 radical (unpaired) electrons. The number of nitrogens with one attached hydrogen (secondary N) is 1. The second kappa shape index (κ2) is 9.02. The Bertz CT molecular complexity index is 1500. The maximum atomic E-state index is 13.2.